The first kappa shape index (κ1) is 20.2. The highest BCUT2D eigenvalue weighted by molar-refractivity contribution is 5.80. The number of aromatic nitrogens is 1. The molecule has 1 aromatic carbocycles. The Morgan fingerprint density at radius 1 is 1.07 bits per heavy atom. The van der Waals surface area contributed by atoms with Crippen molar-refractivity contribution in [2.45, 2.75) is 19.1 Å². The third kappa shape index (κ3) is 4.75. The van der Waals surface area contributed by atoms with Gasteiger partial charge in [0.1, 0.15) is 12.6 Å². The van der Waals surface area contributed by atoms with E-state index in [4.69, 9.17) is 9.84 Å². The lowest BCUT2D eigenvalue weighted by Gasteiger charge is -2.17. The minimum absolute atomic E-state index is 0.208. The molecule has 12 nitrogen and oxygen atoms in total. The molecule has 1 N–H and O–H groups in total. The van der Waals surface area contributed by atoms with Crippen LogP contribution in [0, 0.1) is 20.2 Å². The molecule has 0 unspecified atom stereocenters. The first-order valence-electron chi connectivity index (χ1n) is 7.67. The fourth-order valence-corrected chi connectivity index (χ4v) is 2.31. The zero-order valence-corrected chi connectivity index (χ0v) is 14.1. The third-order valence-electron chi connectivity index (χ3n) is 3.63. The fraction of sp³-hybridized carbons (Fsp3) is 0.188. The molecule has 0 aliphatic carbocycles. The highest BCUT2D eigenvalue weighted by Gasteiger charge is 2.31. The average molecular weight is 391 g/mol. The second kappa shape index (κ2) is 8.53. The van der Waals surface area contributed by atoms with Gasteiger partial charge in [-0.3, -0.25) is 29.8 Å². The largest absolute Gasteiger partial charge is 0.481 e. The van der Waals surface area contributed by atoms with Crippen LogP contribution in [0.25, 0.3) is 0 Å². The maximum Gasteiger partial charge on any atom is 0.339 e. The molecule has 0 bridgehead atoms. The first-order valence-corrected chi connectivity index (χ1v) is 7.67. The summed E-state index contributed by atoms with van der Waals surface area (Å²) in [7, 11) is 0. The minimum Gasteiger partial charge on any atom is -0.481 e. The number of ether oxygens (including phenoxy) is 1. The fourth-order valence-electron chi connectivity index (χ4n) is 2.31. The Morgan fingerprint density at radius 2 is 1.61 bits per heavy atom. The van der Waals surface area contributed by atoms with Crippen LogP contribution < -0.4 is 5.43 Å². The molecule has 0 fully saturated rings. The van der Waals surface area contributed by atoms with E-state index in [1.807, 2.05) is 0 Å². The molecule has 0 amide bonds. The van der Waals surface area contributed by atoms with Crippen molar-refractivity contribution in [1.82, 2.24) is 4.57 Å². The van der Waals surface area contributed by atoms with Gasteiger partial charge in [-0.05, 0) is 5.56 Å². The zero-order chi connectivity index (χ0) is 20.8. The number of rotatable bonds is 8. The van der Waals surface area contributed by atoms with Crippen molar-refractivity contribution in [3.63, 3.8) is 0 Å². The molecule has 1 atom stereocenters. The quantitative estimate of drug-likeness (QED) is 0.397. The third-order valence-corrected chi connectivity index (χ3v) is 3.63. The number of carbonyl (C=O) groups is 2. The van der Waals surface area contributed by atoms with E-state index in [2.05, 4.69) is 0 Å². The Labute approximate surface area is 155 Å². The molecule has 12 heteroatoms. The summed E-state index contributed by atoms with van der Waals surface area (Å²) < 4.78 is 5.67. The molecular weight excluding hydrogens is 378 g/mol. The SMILES string of the molecule is O=C(O)C[C@H](C(=O)OCc1ccccc1)n1cc([N+](=O)[O-])c(=O)c([N+](=O)[O-])c1. The minimum atomic E-state index is -1.65. The molecule has 1 heterocycles. The Morgan fingerprint density at radius 3 is 2.07 bits per heavy atom. The van der Waals surface area contributed by atoms with Gasteiger partial charge in [-0.25, -0.2) is 4.79 Å². The van der Waals surface area contributed by atoms with Crippen molar-refractivity contribution in [2.75, 3.05) is 0 Å². The van der Waals surface area contributed by atoms with Crippen LogP contribution in [0.1, 0.15) is 18.0 Å². The number of hydrogen-bond acceptors (Lipinski definition) is 8. The molecule has 1 aromatic heterocycles. The summed E-state index contributed by atoms with van der Waals surface area (Å²) in [6.45, 7) is -0.208. The normalized spacial score (nSPS) is 11.4. The summed E-state index contributed by atoms with van der Waals surface area (Å²) >= 11 is 0. The topological polar surface area (TPSA) is 172 Å². The van der Waals surface area contributed by atoms with Crippen molar-refractivity contribution in [3.8, 4) is 0 Å². The Bertz CT molecular complexity index is 946. The van der Waals surface area contributed by atoms with Gasteiger partial charge >= 0.3 is 28.7 Å². The summed E-state index contributed by atoms with van der Waals surface area (Å²) in [4.78, 5) is 55.0. The summed E-state index contributed by atoms with van der Waals surface area (Å²) in [6.07, 6.45) is 0.282. The van der Waals surface area contributed by atoms with Crippen molar-refractivity contribution >= 4 is 23.3 Å². The molecule has 0 aliphatic rings. The Kier molecular flexibility index (Phi) is 6.16. The van der Waals surface area contributed by atoms with Gasteiger partial charge in [-0.15, -0.1) is 0 Å². The monoisotopic (exact) mass is 391 g/mol. The Balaban J connectivity index is 2.42. The number of pyridine rings is 1. The predicted octanol–water partition coefficient (Wildman–Crippen LogP) is 1.42. The maximum absolute atomic E-state index is 12.4. The molecule has 28 heavy (non-hydrogen) atoms. The van der Waals surface area contributed by atoms with Crippen LogP contribution in [0.2, 0.25) is 0 Å². The van der Waals surface area contributed by atoms with Crippen LogP contribution in [0.4, 0.5) is 11.4 Å². The lowest BCUT2D eigenvalue weighted by atomic mass is 10.2. The van der Waals surface area contributed by atoms with Crippen LogP contribution in [0.15, 0.2) is 47.5 Å². The maximum atomic E-state index is 12.4. The average Bonchev–Trinajstić information content (AvgIpc) is 2.64. The number of carbonyl (C=O) groups excluding carboxylic acids is 1. The van der Waals surface area contributed by atoms with E-state index in [1.54, 1.807) is 30.3 Å². The van der Waals surface area contributed by atoms with E-state index >= 15 is 0 Å². The second-order valence-electron chi connectivity index (χ2n) is 5.53. The van der Waals surface area contributed by atoms with Crippen molar-refractivity contribution in [2.24, 2.45) is 0 Å². The van der Waals surface area contributed by atoms with Gasteiger partial charge in [0.15, 0.2) is 0 Å². The number of esters is 1. The molecule has 0 radical (unpaired) electrons. The smallest absolute Gasteiger partial charge is 0.339 e. The van der Waals surface area contributed by atoms with Crippen LogP contribution in [0.5, 0.6) is 0 Å². The number of nitrogens with zero attached hydrogens (tertiary/aromatic N) is 3. The van der Waals surface area contributed by atoms with Crippen molar-refractivity contribution in [3.05, 3.63) is 78.7 Å². The standard InChI is InChI=1S/C16H13N3O9/c20-14(21)6-11(16(23)28-9-10-4-2-1-3-5-10)17-7-12(18(24)25)15(22)13(8-17)19(26)27/h1-5,7-8,11H,6,9H2,(H,20,21)/t11-/m1/s1. The zero-order valence-electron chi connectivity index (χ0n) is 14.1. The van der Waals surface area contributed by atoms with E-state index in [1.165, 1.54) is 0 Å². The first-order chi connectivity index (χ1) is 13.2. The van der Waals surface area contributed by atoms with Gasteiger partial charge in [-0.1, -0.05) is 30.3 Å². The van der Waals surface area contributed by atoms with Gasteiger partial charge < -0.3 is 14.4 Å². The molecule has 0 saturated heterocycles. The van der Waals surface area contributed by atoms with Gasteiger partial charge in [-0.2, -0.15) is 0 Å². The van der Waals surface area contributed by atoms with Crippen LogP contribution >= 0.6 is 0 Å². The van der Waals surface area contributed by atoms with Gasteiger partial charge in [0.25, 0.3) is 0 Å². The van der Waals surface area contributed by atoms with Crippen LogP contribution in [0.3, 0.4) is 0 Å². The summed E-state index contributed by atoms with van der Waals surface area (Å²) in [5.74, 6) is -2.54. The van der Waals surface area contributed by atoms with E-state index in [0.717, 1.165) is 0 Å². The van der Waals surface area contributed by atoms with E-state index in [9.17, 15) is 34.6 Å². The highest BCUT2D eigenvalue weighted by Crippen LogP contribution is 2.20. The van der Waals surface area contributed by atoms with E-state index in [0.29, 0.717) is 22.5 Å². The predicted molar refractivity (Wildman–Crippen MR) is 91.5 cm³/mol. The van der Waals surface area contributed by atoms with Crippen molar-refractivity contribution < 1.29 is 29.3 Å². The molecule has 0 saturated carbocycles. The number of carboxylic acid groups (broad SMARTS) is 1. The number of benzene rings is 1. The molecule has 2 rings (SSSR count). The van der Waals surface area contributed by atoms with Gasteiger partial charge in [0, 0.05) is 0 Å². The second-order valence-corrected chi connectivity index (χ2v) is 5.53. The molecule has 0 aliphatic heterocycles. The van der Waals surface area contributed by atoms with Crippen LogP contribution in [-0.4, -0.2) is 31.5 Å². The number of nitro groups is 2. The van der Waals surface area contributed by atoms with Gasteiger partial charge in [0.05, 0.1) is 28.7 Å². The van der Waals surface area contributed by atoms with E-state index < -0.39 is 51.1 Å². The lowest BCUT2D eigenvalue weighted by molar-refractivity contribution is -0.397. The molecular formula is C16H13N3O9. The van der Waals surface area contributed by atoms with E-state index in [-0.39, 0.29) is 6.61 Å². The van der Waals surface area contributed by atoms with Crippen LogP contribution in [-0.2, 0) is 20.9 Å². The number of carboxylic acids is 1. The van der Waals surface area contributed by atoms with Gasteiger partial charge in [0.2, 0.25) is 0 Å². The summed E-state index contributed by atoms with van der Waals surface area (Å²) in [6, 6.07) is 6.75. The number of hydrogen-bond donors (Lipinski definition) is 1. The summed E-state index contributed by atoms with van der Waals surface area (Å²) in [5.41, 5.74) is -3.19. The highest BCUT2D eigenvalue weighted by atomic mass is 16.6. The Hall–Kier alpha value is -4.09. The number of aliphatic carboxylic acids is 1. The molecule has 0 spiro atoms. The summed E-state index contributed by atoms with van der Waals surface area (Å²) in [5, 5.41) is 31.1. The van der Waals surface area contributed by atoms with Crippen molar-refractivity contribution in [1.29, 1.82) is 0 Å². The molecule has 2 aromatic rings. The lowest BCUT2D eigenvalue weighted by Crippen LogP contribution is -2.27. The molecule has 146 valence electrons.